The molecule has 144 valence electrons. The van der Waals surface area contributed by atoms with Gasteiger partial charge >= 0.3 is 0 Å². The van der Waals surface area contributed by atoms with Gasteiger partial charge in [-0.05, 0) is 48.9 Å². The third kappa shape index (κ3) is 5.15. The summed E-state index contributed by atoms with van der Waals surface area (Å²) in [5.41, 5.74) is 1.17. The molecule has 0 unspecified atom stereocenters. The quantitative estimate of drug-likeness (QED) is 0.814. The van der Waals surface area contributed by atoms with E-state index in [0.29, 0.717) is 30.5 Å². The molecule has 0 bridgehead atoms. The van der Waals surface area contributed by atoms with Crippen LogP contribution in [0.2, 0.25) is 0 Å². The van der Waals surface area contributed by atoms with Crippen molar-refractivity contribution in [2.75, 3.05) is 13.1 Å². The minimum Gasteiger partial charge on any atom is -0.367 e. The first kappa shape index (κ1) is 19.1. The number of rotatable bonds is 6. The standard InChI is InChI=1S/C20H23F2N3O2/c21-17-5-3-15(10-18(17)22)11-24-19(26)6-4-14-2-1-9-25(13-14)20(27)16-7-8-23-12-16/h3,5,7-8,10,12,14,23H,1-2,4,6,9,11,13H2,(H,24,26)/t14-/m1/s1. The lowest BCUT2D eigenvalue weighted by molar-refractivity contribution is -0.121. The van der Waals surface area contributed by atoms with Crippen LogP contribution in [0.5, 0.6) is 0 Å². The Morgan fingerprint density at radius 1 is 1.22 bits per heavy atom. The second-order valence-electron chi connectivity index (χ2n) is 6.92. The molecule has 1 saturated heterocycles. The Morgan fingerprint density at radius 2 is 2.07 bits per heavy atom. The zero-order valence-corrected chi connectivity index (χ0v) is 15.0. The van der Waals surface area contributed by atoms with Crippen LogP contribution in [0.1, 0.15) is 41.6 Å². The van der Waals surface area contributed by atoms with E-state index in [1.54, 1.807) is 18.5 Å². The Kier molecular flexibility index (Phi) is 6.21. The maximum Gasteiger partial charge on any atom is 0.255 e. The molecule has 0 spiro atoms. The van der Waals surface area contributed by atoms with E-state index in [9.17, 15) is 18.4 Å². The number of piperidine rings is 1. The zero-order chi connectivity index (χ0) is 19.2. The molecule has 1 aliphatic heterocycles. The van der Waals surface area contributed by atoms with Crippen molar-refractivity contribution >= 4 is 11.8 Å². The van der Waals surface area contributed by atoms with Crippen LogP contribution in [0, 0.1) is 17.6 Å². The predicted octanol–water partition coefficient (Wildman–Crippen LogP) is 3.24. The van der Waals surface area contributed by atoms with E-state index < -0.39 is 11.6 Å². The average Bonchev–Trinajstić information content (AvgIpc) is 3.21. The monoisotopic (exact) mass is 375 g/mol. The molecule has 0 saturated carbocycles. The summed E-state index contributed by atoms with van der Waals surface area (Å²) < 4.78 is 26.1. The van der Waals surface area contributed by atoms with Crippen LogP contribution in [0.25, 0.3) is 0 Å². The molecule has 2 aromatic rings. The van der Waals surface area contributed by atoms with Gasteiger partial charge in [-0.1, -0.05) is 6.07 Å². The Balaban J connectivity index is 1.43. The maximum atomic E-state index is 13.2. The molecule has 3 rings (SSSR count). The van der Waals surface area contributed by atoms with Crippen LogP contribution in [-0.2, 0) is 11.3 Å². The molecule has 2 amide bonds. The minimum atomic E-state index is -0.920. The summed E-state index contributed by atoms with van der Waals surface area (Å²) in [4.78, 5) is 29.2. The molecule has 0 aliphatic carbocycles. The van der Waals surface area contributed by atoms with Crippen molar-refractivity contribution in [1.29, 1.82) is 0 Å². The number of aromatic nitrogens is 1. The van der Waals surface area contributed by atoms with E-state index in [4.69, 9.17) is 0 Å². The van der Waals surface area contributed by atoms with Gasteiger partial charge < -0.3 is 15.2 Å². The second kappa shape index (κ2) is 8.79. The molecule has 1 fully saturated rings. The molecule has 2 N–H and O–H groups in total. The fraction of sp³-hybridized carbons (Fsp3) is 0.400. The molecule has 1 aromatic heterocycles. The highest BCUT2D eigenvalue weighted by atomic mass is 19.2. The normalized spacial score (nSPS) is 17.0. The van der Waals surface area contributed by atoms with E-state index in [2.05, 4.69) is 10.3 Å². The van der Waals surface area contributed by atoms with Crippen LogP contribution in [-0.4, -0.2) is 34.8 Å². The number of carbonyl (C=O) groups excluding carboxylic acids is 2. The lowest BCUT2D eigenvalue weighted by atomic mass is 9.93. The fourth-order valence-corrected chi connectivity index (χ4v) is 3.40. The number of nitrogens with zero attached hydrogens (tertiary/aromatic N) is 1. The summed E-state index contributed by atoms with van der Waals surface area (Å²) in [5.74, 6) is -1.65. The summed E-state index contributed by atoms with van der Waals surface area (Å²) in [6, 6.07) is 5.35. The Hall–Kier alpha value is -2.70. The minimum absolute atomic E-state index is 0.0173. The highest BCUT2D eigenvalue weighted by Gasteiger charge is 2.25. The Morgan fingerprint density at radius 3 is 2.81 bits per heavy atom. The van der Waals surface area contributed by atoms with Crippen molar-refractivity contribution in [3.63, 3.8) is 0 Å². The van der Waals surface area contributed by atoms with Crippen molar-refractivity contribution in [2.45, 2.75) is 32.2 Å². The van der Waals surface area contributed by atoms with Gasteiger partial charge in [-0.15, -0.1) is 0 Å². The maximum absolute atomic E-state index is 13.2. The van der Waals surface area contributed by atoms with Gasteiger partial charge in [0.25, 0.3) is 5.91 Å². The number of H-pyrrole nitrogens is 1. The number of amides is 2. The van der Waals surface area contributed by atoms with E-state index in [-0.39, 0.29) is 24.3 Å². The van der Waals surface area contributed by atoms with Crippen LogP contribution in [0.4, 0.5) is 8.78 Å². The molecule has 1 aromatic carbocycles. The van der Waals surface area contributed by atoms with Crippen LogP contribution in [0.15, 0.2) is 36.7 Å². The van der Waals surface area contributed by atoms with Gasteiger partial charge in [0.2, 0.25) is 5.91 Å². The van der Waals surface area contributed by atoms with Crippen LogP contribution < -0.4 is 5.32 Å². The highest BCUT2D eigenvalue weighted by Crippen LogP contribution is 2.22. The van der Waals surface area contributed by atoms with Crippen molar-refractivity contribution < 1.29 is 18.4 Å². The SMILES string of the molecule is O=C(CC[C@H]1CCCN(C(=O)c2cc[nH]c2)C1)NCc1ccc(F)c(F)c1. The Labute approximate surface area is 156 Å². The number of hydrogen-bond acceptors (Lipinski definition) is 2. The number of nitrogens with one attached hydrogen (secondary N) is 2. The van der Waals surface area contributed by atoms with Gasteiger partial charge in [0.15, 0.2) is 11.6 Å². The second-order valence-corrected chi connectivity index (χ2v) is 6.92. The first-order chi connectivity index (χ1) is 13.0. The van der Waals surface area contributed by atoms with Gasteiger partial charge in [-0.25, -0.2) is 8.78 Å². The summed E-state index contributed by atoms with van der Waals surface area (Å²) >= 11 is 0. The van der Waals surface area contributed by atoms with E-state index in [1.165, 1.54) is 6.07 Å². The van der Waals surface area contributed by atoms with Gasteiger partial charge in [0.05, 0.1) is 5.56 Å². The van der Waals surface area contributed by atoms with E-state index in [1.807, 2.05) is 4.90 Å². The van der Waals surface area contributed by atoms with Crippen LogP contribution in [0.3, 0.4) is 0 Å². The fourth-order valence-electron chi connectivity index (χ4n) is 3.40. The first-order valence-electron chi connectivity index (χ1n) is 9.15. The summed E-state index contributed by atoms with van der Waals surface area (Å²) in [7, 11) is 0. The highest BCUT2D eigenvalue weighted by molar-refractivity contribution is 5.94. The number of halogens is 2. The van der Waals surface area contributed by atoms with Crippen molar-refractivity contribution in [3.05, 3.63) is 59.4 Å². The molecule has 0 radical (unpaired) electrons. The lowest BCUT2D eigenvalue weighted by Gasteiger charge is -2.32. The molecular formula is C20H23F2N3O2. The summed E-state index contributed by atoms with van der Waals surface area (Å²) in [5, 5.41) is 2.73. The van der Waals surface area contributed by atoms with Gasteiger partial charge in [-0.3, -0.25) is 9.59 Å². The van der Waals surface area contributed by atoms with Crippen molar-refractivity contribution in [1.82, 2.24) is 15.2 Å². The average molecular weight is 375 g/mol. The van der Waals surface area contributed by atoms with Crippen molar-refractivity contribution in [2.24, 2.45) is 5.92 Å². The number of hydrogen-bond donors (Lipinski definition) is 2. The molecule has 1 atom stereocenters. The largest absolute Gasteiger partial charge is 0.367 e. The van der Waals surface area contributed by atoms with Crippen molar-refractivity contribution in [3.8, 4) is 0 Å². The van der Waals surface area contributed by atoms with Crippen LogP contribution >= 0.6 is 0 Å². The molecular weight excluding hydrogens is 352 g/mol. The third-order valence-electron chi connectivity index (χ3n) is 4.90. The molecule has 2 heterocycles. The molecule has 7 heteroatoms. The lowest BCUT2D eigenvalue weighted by Crippen LogP contribution is -2.40. The smallest absolute Gasteiger partial charge is 0.255 e. The molecule has 5 nitrogen and oxygen atoms in total. The van der Waals surface area contributed by atoms with Gasteiger partial charge in [0, 0.05) is 38.4 Å². The first-order valence-corrected chi connectivity index (χ1v) is 9.15. The van der Waals surface area contributed by atoms with E-state index in [0.717, 1.165) is 31.5 Å². The summed E-state index contributed by atoms with van der Waals surface area (Å²) in [6.07, 6.45) is 6.38. The molecule has 27 heavy (non-hydrogen) atoms. The summed E-state index contributed by atoms with van der Waals surface area (Å²) in [6.45, 7) is 1.56. The number of carbonyl (C=O) groups is 2. The number of aromatic amines is 1. The topological polar surface area (TPSA) is 65.2 Å². The number of likely N-dealkylation sites (tertiary alicyclic amines) is 1. The van der Waals surface area contributed by atoms with Gasteiger partial charge in [0.1, 0.15) is 0 Å². The number of benzene rings is 1. The predicted molar refractivity (Wildman–Crippen MR) is 96.9 cm³/mol. The van der Waals surface area contributed by atoms with Gasteiger partial charge in [-0.2, -0.15) is 0 Å². The Bertz CT molecular complexity index is 793. The zero-order valence-electron chi connectivity index (χ0n) is 15.0. The molecule has 1 aliphatic rings. The van der Waals surface area contributed by atoms with E-state index >= 15 is 0 Å². The third-order valence-corrected chi connectivity index (χ3v) is 4.90.